The second-order valence-electron chi connectivity index (χ2n) is 7.38. The molecule has 0 radical (unpaired) electrons. The Hall–Kier alpha value is -2.42. The van der Waals surface area contributed by atoms with E-state index in [1.54, 1.807) is 0 Å². The fourth-order valence-corrected chi connectivity index (χ4v) is 4.87. The normalized spacial score (nSPS) is 14.0. The number of nitrogens with zero attached hydrogens (tertiary/aromatic N) is 3. The first-order valence-corrected chi connectivity index (χ1v) is 11.9. The third kappa shape index (κ3) is 6.04. The molecule has 0 saturated carbocycles. The van der Waals surface area contributed by atoms with E-state index >= 15 is 0 Å². The standard InChI is InChI=1S/C22H25N5OS2/c1-16-4-8-19(9-5-16)24-21-25-26-22(30-21)29-15-20(28)23-18-10-6-17(7-11-18)14-27-12-2-3-13-27/h4-11H,2-3,12-15H2,1H3,(H,23,28)(H,24,25). The third-order valence-corrected chi connectivity index (χ3v) is 6.85. The van der Waals surface area contributed by atoms with Crippen molar-refractivity contribution in [2.75, 3.05) is 29.5 Å². The zero-order valence-corrected chi connectivity index (χ0v) is 18.6. The summed E-state index contributed by atoms with van der Waals surface area (Å²) in [4.78, 5) is 14.7. The number of benzene rings is 2. The van der Waals surface area contributed by atoms with Gasteiger partial charge in [0.25, 0.3) is 0 Å². The molecule has 0 aliphatic carbocycles. The van der Waals surface area contributed by atoms with Gasteiger partial charge in [-0.05, 0) is 62.7 Å². The summed E-state index contributed by atoms with van der Waals surface area (Å²) in [5.41, 5.74) is 4.29. The lowest BCUT2D eigenvalue weighted by atomic mass is 10.2. The van der Waals surface area contributed by atoms with Crippen molar-refractivity contribution in [3.63, 3.8) is 0 Å². The van der Waals surface area contributed by atoms with Crippen molar-refractivity contribution in [2.24, 2.45) is 0 Å². The van der Waals surface area contributed by atoms with Gasteiger partial charge in [0.2, 0.25) is 11.0 Å². The fourth-order valence-electron chi connectivity index (χ4n) is 3.30. The molecule has 0 atom stereocenters. The molecule has 2 N–H and O–H groups in total. The number of aryl methyl sites for hydroxylation is 1. The molecule has 1 aromatic heterocycles. The van der Waals surface area contributed by atoms with Crippen molar-refractivity contribution in [3.8, 4) is 0 Å². The fraction of sp³-hybridized carbons (Fsp3) is 0.318. The number of carbonyl (C=O) groups excluding carboxylic acids is 1. The molecule has 2 heterocycles. The largest absolute Gasteiger partial charge is 0.330 e. The van der Waals surface area contributed by atoms with Gasteiger partial charge in [-0.2, -0.15) is 0 Å². The molecule has 4 rings (SSSR count). The van der Waals surface area contributed by atoms with Crippen molar-refractivity contribution in [3.05, 3.63) is 59.7 Å². The Morgan fingerprint density at radius 3 is 2.47 bits per heavy atom. The Labute approximate surface area is 185 Å². The van der Waals surface area contributed by atoms with E-state index in [-0.39, 0.29) is 5.91 Å². The van der Waals surface area contributed by atoms with Gasteiger partial charge in [0.15, 0.2) is 4.34 Å². The Kier molecular flexibility index (Phi) is 6.99. The van der Waals surface area contributed by atoms with E-state index in [9.17, 15) is 4.79 Å². The van der Waals surface area contributed by atoms with Crippen LogP contribution in [-0.2, 0) is 11.3 Å². The molecule has 1 aliphatic rings. The summed E-state index contributed by atoms with van der Waals surface area (Å²) in [6, 6.07) is 16.2. The first-order chi connectivity index (χ1) is 14.6. The molecule has 1 aliphatic heterocycles. The van der Waals surface area contributed by atoms with Gasteiger partial charge in [0, 0.05) is 17.9 Å². The minimum atomic E-state index is -0.0458. The van der Waals surface area contributed by atoms with Crippen LogP contribution < -0.4 is 10.6 Å². The van der Waals surface area contributed by atoms with E-state index in [1.807, 2.05) is 36.4 Å². The predicted octanol–water partition coefficient (Wildman–Crippen LogP) is 4.92. The maximum absolute atomic E-state index is 12.3. The first-order valence-electron chi connectivity index (χ1n) is 10.1. The highest BCUT2D eigenvalue weighted by Crippen LogP contribution is 2.28. The van der Waals surface area contributed by atoms with Crippen LogP contribution in [-0.4, -0.2) is 39.8 Å². The van der Waals surface area contributed by atoms with Crippen molar-refractivity contribution in [1.29, 1.82) is 0 Å². The first kappa shape index (κ1) is 20.8. The molecule has 6 nitrogen and oxygen atoms in total. The lowest BCUT2D eigenvalue weighted by Gasteiger charge is -2.14. The average molecular weight is 440 g/mol. The summed E-state index contributed by atoms with van der Waals surface area (Å²) in [5.74, 6) is 0.254. The molecule has 0 spiro atoms. The van der Waals surface area contributed by atoms with Crippen LogP contribution in [0.2, 0.25) is 0 Å². The number of hydrogen-bond acceptors (Lipinski definition) is 7. The molecule has 1 fully saturated rings. The van der Waals surface area contributed by atoms with Gasteiger partial charge in [0.05, 0.1) is 5.75 Å². The van der Waals surface area contributed by atoms with Crippen molar-refractivity contribution in [1.82, 2.24) is 15.1 Å². The van der Waals surface area contributed by atoms with Crippen LogP contribution in [0, 0.1) is 6.92 Å². The Balaban J connectivity index is 1.22. The van der Waals surface area contributed by atoms with Crippen molar-refractivity contribution >= 4 is 45.5 Å². The van der Waals surface area contributed by atoms with Crippen LogP contribution in [0.25, 0.3) is 0 Å². The number of thioether (sulfide) groups is 1. The molecule has 0 unspecified atom stereocenters. The number of rotatable bonds is 8. The number of amides is 1. The van der Waals surface area contributed by atoms with Crippen molar-refractivity contribution < 1.29 is 4.79 Å². The Morgan fingerprint density at radius 2 is 1.73 bits per heavy atom. The van der Waals surface area contributed by atoms with Crippen LogP contribution in [0.3, 0.4) is 0 Å². The van der Waals surface area contributed by atoms with E-state index in [0.717, 1.165) is 27.4 Å². The summed E-state index contributed by atoms with van der Waals surface area (Å²) in [6.07, 6.45) is 2.59. The number of hydrogen-bond donors (Lipinski definition) is 2. The molecule has 0 bridgehead atoms. The van der Waals surface area contributed by atoms with Crippen LogP contribution >= 0.6 is 23.1 Å². The van der Waals surface area contributed by atoms with Gasteiger partial charge in [-0.1, -0.05) is 52.9 Å². The number of nitrogens with one attached hydrogen (secondary N) is 2. The monoisotopic (exact) mass is 439 g/mol. The predicted molar refractivity (Wildman–Crippen MR) is 125 cm³/mol. The summed E-state index contributed by atoms with van der Waals surface area (Å²) in [6.45, 7) is 5.41. The second-order valence-corrected chi connectivity index (χ2v) is 9.58. The topological polar surface area (TPSA) is 70.1 Å². The van der Waals surface area contributed by atoms with Crippen LogP contribution in [0.1, 0.15) is 24.0 Å². The summed E-state index contributed by atoms with van der Waals surface area (Å²) in [5, 5.41) is 15.2. The number of likely N-dealkylation sites (tertiary alicyclic amines) is 1. The molecule has 30 heavy (non-hydrogen) atoms. The molecule has 156 valence electrons. The Bertz CT molecular complexity index is 966. The SMILES string of the molecule is Cc1ccc(Nc2nnc(SCC(=O)Nc3ccc(CN4CCCC4)cc3)s2)cc1. The van der Waals surface area contributed by atoms with E-state index < -0.39 is 0 Å². The summed E-state index contributed by atoms with van der Waals surface area (Å²) < 4.78 is 0.765. The van der Waals surface area contributed by atoms with Crippen LogP contribution in [0.5, 0.6) is 0 Å². The molecule has 2 aromatic carbocycles. The number of anilines is 3. The van der Waals surface area contributed by atoms with Gasteiger partial charge >= 0.3 is 0 Å². The lowest BCUT2D eigenvalue weighted by molar-refractivity contribution is -0.113. The van der Waals surface area contributed by atoms with Gasteiger partial charge < -0.3 is 10.6 Å². The minimum absolute atomic E-state index is 0.0458. The maximum atomic E-state index is 12.3. The van der Waals surface area contributed by atoms with Crippen LogP contribution in [0.4, 0.5) is 16.5 Å². The number of aromatic nitrogens is 2. The lowest BCUT2D eigenvalue weighted by Crippen LogP contribution is -2.18. The van der Waals surface area contributed by atoms with Gasteiger partial charge in [-0.15, -0.1) is 10.2 Å². The highest BCUT2D eigenvalue weighted by molar-refractivity contribution is 8.01. The van der Waals surface area contributed by atoms with Crippen molar-refractivity contribution in [2.45, 2.75) is 30.6 Å². The second kappa shape index (κ2) is 10.1. The zero-order chi connectivity index (χ0) is 20.8. The van der Waals surface area contributed by atoms with Gasteiger partial charge in [0.1, 0.15) is 0 Å². The number of carbonyl (C=O) groups is 1. The summed E-state index contributed by atoms with van der Waals surface area (Å²) >= 11 is 2.83. The zero-order valence-electron chi connectivity index (χ0n) is 16.9. The average Bonchev–Trinajstić information content (AvgIpc) is 3.42. The molecule has 1 amide bonds. The minimum Gasteiger partial charge on any atom is -0.330 e. The van der Waals surface area contributed by atoms with Gasteiger partial charge in [-0.3, -0.25) is 9.69 Å². The smallest absolute Gasteiger partial charge is 0.234 e. The molecule has 3 aromatic rings. The van der Waals surface area contributed by atoms with Gasteiger partial charge in [-0.25, -0.2) is 0 Å². The van der Waals surface area contributed by atoms with E-state index in [2.05, 4.69) is 44.8 Å². The quantitative estimate of drug-likeness (QED) is 0.486. The molecule has 1 saturated heterocycles. The van der Waals surface area contributed by atoms with E-state index in [0.29, 0.717) is 5.75 Å². The molecular formula is C22H25N5OS2. The maximum Gasteiger partial charge on any atom is 0.234 e. The van der Waals surface area contributed by atoms with E-state index in [1.165, 1.54) is 60.2 Å². The van der Waals surface area contributed by atoms with E-state index in [4.69, 9.17) is 0 Å². The summed E-state index contributed by atoms with van der Waals surface area (Å²) in [7, 11) is 0. The Morgan fingerprint density at radius 1 is 1.03 bits per heavy atom. The highest BCUT2D eigenvalue weighted by atomic mass is 32.2. The van der Waals surface area contributed by atoms with Crippen LogP contribution in [0.15, 0.2) is 52.9 Å². The third-order valence-electron chi connectivity index (χ3n) is 4.88. The molecule has 8 heteroatoms. The molecular weight excluding hydrogens is 414 g/mol. The highest BCUT2D eigenvalue weighted by Gasteiger charge is 2.12.